The molecule has 0 N–H and O–H groups in total. The van der Waals surface area contributed by atoms with Crippen LogP contribution in [0.5, 0.6) is 0 Å². The van der Waals surface area contributed by atoms with Crippen molar-refractivity contribution in [3.63, 3.8) is 0 Å². The molecule has 0 radical (unpaired) electrons. The largest absolute Gasteiger partial charge is 0.303 e. The van der Waals surface area contributed by atoms with Crippen LogP contribution in [0.1, 0.15) is 65.2 Å². The molecule has 0 rings (SSSR count). The van der Waals surface area contributed by atoms with Gasteiger partial charge in [-0.05, 0) is 12.8 Å². The summed E-state index contributed by atoms with van der Waals surface area (Å²) < 4.78 is 0. The quantitative estimate of drug-likeness (QED) is 0.443. The zero-order chi connectivity index (χ0) is 11.1. The summed E-state index contributed by atoms with van der Waals surface area (Å²) >= 11 is 0. The molecule has 0 unspecified atom stereocenters. The summed E-state index contributed by atoms with van der Waals surface area (Å²) in [5.41, 5.74) is 0. The van der Waals surface area contributed by atoms with Crippen LogP contribution in [0.4, 0.5) is 0 Å². The maximum absolute atomic E-state index is 9.68. The van der Waals surface area contributed by atoms with Crippen LogP contribution in [0.15, 0.2) is 0 Å². The van der Waals surface area contributed by atoms with Gasteiger partial charge >= 0.3 is 0 Å². The molecule has 2 heteroatoms. The highest BCUT2D eigenvalue weighted by atomic mass is 16.1. The summed E-state index contributed by atoms with van der Waals surface area (Å²) in [4.78, 5) is 19.4. The van der Waals surface area contributed by atoms with E-state index in [4.69, 9.17) is 0 Å². The van der Waals surface area contributed by atoms with Gasteiger partial charge in [0.25, 0.3) is 0 Å². The predicted molar refractivity (Wildman–Crippen MR) is 60.4 cm³/mol. The molecule has 0 amide bonds. The molecule has 0 bridgehead atoms. The van der Waals surface area contributed by atoms with Gasteiger partial charge in [-0.25, -0.2) is 0 Å². The van der Waals surface area contributed by atoms with Crippen LogP contribution in [0.25, 0.3) is 0 Å². The Kier molecular flexibility index (Phi) is 20.5. The molecular formula is C12H24O2. The normalized spacial score (nSPS) is 8.71. The molecule has 0 saturated heterocycles. The van der Waals surface area contributed by atoms with Gasteiger partial charge in [0.2, 0.25) is 0 Å². The molecule has 0 atom stereocenters. The molecule has 0 aliphatic rings. The first-order valence-electron chi connectivity index (χ1n) is 5.70. The summed E-state index contributed by atoms with van der Waals surface area (Å²) in [5.74, 6) is 0. The Morgan fingerprint density at radius 1 is 0.714 bits per heavy atom. The molecule has 0 aliphatic heterocycles. The average Bonchev–Trinajstić information content (AvgIpc) is 2.21. The number of aldehydes is 2. The summed E-state index contributed by atoms with van der Waals surface area (Å²) in [7, 11) is 0. The number of rotatable bonds is 8. The fraction of sp³-hybridized carbons (Fsp3) is 0.833. The van der Waals surface area contributed by atoms with Crippen molar-refractivity contribution in [2.24, 2.45) is 0 Å². The third kappa shape index (κ3) is 22.5. The van der Waals surface area contributed by atoms with Gasteiger partial charge in [0.1, 0.15) is 12.6 Å². The first kappa shape index (κ1) is 15.8. The van der Waals surface area contributed by atoms with Crippen LogP contribution >= 0.6 is 0 Å². The van der Waals surface area contributed by atoms with E-state index in [-0.39, 0.29) is 0 Å². The molecule has 0 saturated carbocycles. The van der Waals surface area contributed by atoms with Crippen LogP contribution < -0.4 is 0 Å². The third-order valence-corrected chi connectivity index (χ3v) is 1.85. The fourth-order valence-corrected chi connectivity index (χ4v) is 0.955. The van der Waals surface area contributed by atoms with Crippen molar-refractivity contribution in [3.05, 3.63) is 0 Å². The van der Waals surface area contributed by atoms with Crippen LogP contribution in [-0.2, 0) is 9.59 Å². The topological polar surface area (TPSA) is 34.1 Å². The Balaban J connectivity index is 0. The van der Waals surface area contributed by atoms with Gasteiger partial charge in [-0.15, -0.1) is 0 Å². The van der Waals surface area contributed by atoms with Crippen LogP contribution in [0.3, 0.4) is 0 Å². The van der Waals surface area contributed by atoms with Crippen molar-refractivity contribution >= 4 is 12.6 Å². The maximum Gasteiger partial charge on any atom is 0.119 e. The Morgan fingerprint density at radius 2 is 1.07 bits per heavy atom. The predicted octanol–water partition coefficient (Wildman–Crippen LogP) is 3.53. The van der Waals surface area contributed by atoms with Crippen LogP contribution in [0.2, 0.25) is 0 Å². The lowest BCUT2D eigenvalue weighted by Crippen LogP contribution is -1.73. The van der Waals surface area contributed by atoms with Gasteiger partial charge in [-0.3, -0.25) is 0 Å². The standard InChI is InChI=1S/2C6H12O/c2*1-2-3-4-5-6-7/h2*6H,2-5H2,1H3. The molecule has 2 nitrogen and oxygen atoms in total. The lowest BCUT2D eigenvalue weighted by molar-refractivity contribution is -0.108. The van der Waals surface area contributed by atoms with Crippen molar-refractivity contribution in [2.75, 3.05) is 0 Å². The molecule has 0 aliphatic carbocycles. The highest BCUT2D eigenvalue weighted by molar-refractivity contribution is 5.49. The van der Waals surface area contributed by atoms with Crippen molar-refractivity contribution in [1.82, 2.24) is 0 Å². The van der Waals surface area contributed by atoms with E-state index in [9.17, 15) is 9.59 Å². The zero-order valence-corrected chi connectivity index (χ0v) is 9.63. The highest BCUT2D eigenvalue weighted by Gasteiger charge is 1.80. The Hall–Kier alpha value is -0.660. The second kappa shape index (κ2) is 18.2. The molecule has 0 spiro atoms. The van der Waals surface area contributed by atoms with Gasteiger partial charge in [-0.2, -0.15) is 0 Å². The molecule has 0 aromatic carbocycles. The Labute approximate surface area is 88.1 Å². The van der Waals surface area contributed by atoms with Gasteiger partial charge in [0.15, 0.2) is 0 Å². The number of unbranched alkanes of at least 4 members (excludes halogenated alkanes) is 6. The fourth-order valence-electron chi connectivity index (χ4n) is 0.955. The van der Waals surface area contributed by atoms with E-state index in [2.05, 4.69) is 13.8 Å². The second-order valence-corrected chi connectivity index (χ2v) is 3.32. The van der Waals surface area contributed by atoms with Gasteiger partial charge in [-0.1, -0.05) is 39.5 Å². The Morgan fingerprint density at radius 3 is 1.29 bits per heavy atom. The van der Waals surface area contributed by atoms with Gasteiger partial charge in [0, 0.05) is 12.8 Å². The number of carbonyl (C=O) groups is 2. The van der Waals surface area contributed by atoms with Crippen molar-refractivity contribution < 1.29 is 9.59 Å². The molecule has 14 heavy (non-hydrogen) atoms. The summed E-state index contributed by atoms with van der Waals surface area (Å²) in [6, 6.07) is 0. The van der Waals surface area contributed by atoms with E-state index in [0.717, 1.165) is 38.3 Å². The van der Waals surface area contributed by atoms with Crippen molar-refractivity contribution in [2.45, 2.75) is 65.2 Å². The van der Waals surface area contributed by atoms with E-state index >= 15 is 0 Å². The second-order valence-electron chi connectivity index (χ2n) is 3.32. The van der Waals surface area contributed by atoms with Gasteiger partial charge in [0.05, 0.1) is 0 Å². The highest BCUT2D eigenvalue weighted by Crippen LogP contribution is 1.95. The first-order chi connectivity index (χ1) is 6.83. The lowest BCUT2D eigenvalue weighted by atomic mass is 10.2. The van der Waals surface area contributed by atoms with E-state index in [0.29, 0.717) is 0 Å². The van der Waals surface area contributed by atoms with Crippen molar-refractivity contribution in [3.8, 4) is 0 Å². The van der Waals surface area contributed by atoms with Crippen molar-refractivity contribution in [1.29, 1.82) is 0 Å². The van der Waals surface area contributed by atoms with Crippen LogP contribution in [0, 0.1) is 0 Å². The smallest absolute Gasteiger partial charge is 0.119 e. The first-order valence-corrected chi connectivity index (χ1v) is 5.70. The molecule has 0 aromatic rings. The summed E-state index contributed by atoms with van der Waals surface area (Å²) in [6.07, 6.45) is 10.4. The number of hydrogen-bond acceptors (Lipinski definition) is 2. The van der Waals surface area contributed by atoms with E-state index < -0.39 is 0 Å². The maximum atomic E-state index is 9.68. The SMILES string of the molecule is CCCCCC=O.CCCCCC=O. The number of hydrogen-bond donors (Lipinski definition) is 0. The summed E-state index contributed by atoms with van der Waals surface area (Å²) in [5, 5.41) is 0. The summed E-state index contributed by atoms with van der Waals surface area (Å²) in [6.45, 7) is 4.26. The lowest BCUT2D eigenvalue weighted by Gasteiger charge is -1.85. The molecular weight excluding hydrogens is 176 g/mol. The van der Waals surface area contributed by atoms with E-state index in [1.165, 1.54) is 25.7 Å². The van der Waals surface area contributed by atoms with Crippen LogP contribution in [-0.4, -0.2) is 12.6 Å². The van der Waals surface area contributed by atoms with E-state index in [1.54, 1.807) is 0 Å². The zero-order valence-electron chi connectivity index (χ0n) is 9.63. The average molecular weight is 200 g/mol. The minimum atomic E-state index is 0.744. The number of carbonyl (C=O) groups excluding carboxylic acids is 2. The molecule has 0 fully saturated rings. The monoisotopic (exact) mass is 200 g/mol. The van der Waals surface area contributed by atoms with Gasteiger partial charge < -0.3 is 9.59 Å². The molecule has 0 heterocycles. The Bertz CT molecular complexity index is 96.9. The minimum absolute atomic E-state index is 0.744. The molecule has 0 aromatic heterocycles. The minimum Gasteiger partial charge on any atom is -0.303 e. The van der Waals surface area contributed by atoms with E-state index in [1.807, 2.05) is 0 Å². The third-order valence-electron chi connectivity index (χ3n) is 1.85. The molecule has 84 valence electrons.